The highest BCUT2D eigenvalue weighted by Gasteiger charge is 2.23. The Kier molecular flexibility index (Phi) is 7.90. The topological polar surface area (TPSA) is 106 Å². The van der Waals surface area contributed by atoms with Gasteiger partial charge in [-0.1, -0.05) is 17.8 Å². The lowest BCUT2D eigenvalue weighted by molar-refractivity contribution is -0.128. The van der Waals surface area contributed by atoms with Crippen molar-refractivity contribution in [3.8, 4) is 11.5 Å². The maximum absolute atomic E-state index is 11.8. The van der Waals surface area contributed by atoms with E-state index in [1.807, 2.05) is 48.2 Å². The molecule has 4 aromatic rings. The Hall–Kier alpha value is -3.57. The monoisotopic (exact) mass is 533 g/mol. The molecule has 11 heteroatoms. The number of rotatable bonds is 7. The zero-order chi connectivity index (χ0) is 25.6. The van der Waals surface area contributed by atoms with Gasteiger partial charge in [0, 0.05) is 67.0 Å². The zero-order valence-corrected chi connectivity index (χ0v) is 22.3. The van der Waals surface area contributed by atoms with Crippen LogP contribution in [0.1, 0.15) is 43.6 Å². The predicted molar refractivity (Wildman–Crippen MR) is 144 cm³/mol. The van der Waals surface area contributed by atoms with Crippen molar-refractivity contribution < 1.29 is 9.53 Å². The summed E-state index contributed by atoms with van der Waals surface area (Å²) >= 11 is 2.81. The van der Waals surface area contributed by atoms with E-state index >= 15 is 0 Å². The summed E-state index contributed by atoms with van der Waals surface area (Å²) in [6.45, 7) is 5.06. The van der Waals surface area contributed by atoms with Crippen LogP contribution in [0.5, 0.6) is 11.5 Å². The number of ether oxygens (including phenoxy) is 1. The molecule has 4 aromatic heterocycles. The number of nitrogens with one attached hydrogen (secondary N) is 1. The standard InChI is InChI=1S/C26H27N7O2S2/c1-17-21(8-5-12-27-17)35-22-15-20(36-23-9-3-4-11-28-23)16-29-25(22)31-26-30-24(32-37-26)19-7-6-13-33(14-10-19)18(2)34/h3-5,8-9,11-12,15-16,19H,6-7,10,13-14H2,1-2H3,(H,29,30,31,32). The molecule has 1 N–H and O–H groups in total. The number of carbonyl (C=O) groups is 1. The summed E-state index contributed by atoms with van der Waals surface area (Å²) in [5.41, 5.74) is 0.780. The largest absolute Gasteiger partial charge is 0.452 e. The van der Waals surface area contributed by atoms with Gasteiger partial charge in [0.05, 0.1) is 5.69 Å². The first-order valence-electron chi connectivity index (χ1n) is 12.1. The van der Waals surface area contributed by atoms with Crippen molar-refractivity contribution in [3.63, 3.8) is 0 Å². The third kappa shape index (κ3) is 6.41. The number of amides is 1. The highest BCUT2D eigenvalue weighted by atomic mass is 32.2. The zero-order valence-electron chi connectivity index (χ0n) is 20.6. The summed E-state index contributed by atoms with van der Waals surface area (Å²) in [5, 5.41) is 4.82. The Morgan fingerprint density at radius 2 is 2.00 bits per heavy atom. The second kappa shape index (κ2) is 11.7. The first kappa shape index (κ1) is 25.1. The minimum atomic E-state index is 0.126. The van der Waals surface area contributed by atoms with Crippen molar-refractivity contribution in [1.82, 2.24) is 29.2 Å². The minimum absolute atomic E-state index is 0.126. The lowest BCUT2D eigenvalue weighted by Crippen LogP contribution is -2.29. The molecule has 0 aliphatic carbocycles. The van der Waals surface area contributed by atoms with Crippen LogP contribution in [0.2, 0.25) is 0 Å². The molecule has 0 bridgehead atoms. The van der Waals surface area contributed by atoms with E-state index < -0.39 is 0 Å². The first-order valence-corrected chi connectivity index (χ1v) is 13.7. The molecule has 5 heterocycles. The maximum atomic E-state index is 11.8. The molecule has 0 aromatic carbocycles. The van der Waals surface area contributed by atoms with Gasteiger partial charge in [-0.2, -0.15) is 4.37 Å². The van der Waals surface area contributed by atoms with Crippen LogP contribution in [-0.2, 0) is 4.79 Å². The minimum Gasteiger partial charge on any atom is -0.452 e. The lowest BCUT2D eigenvalue weighted by atomic mass is 10.0. The molecule has 0 radical (unpaired) electrons. The summed E-state index contributed by atoms with van der Waals surface area (Å²) in [6, 6.07) is 11.4. The molecule has 1 fully saturated rings. The number of nitrogens with zero attached hydrogens (tertiary/aromatic N) is 6. The van der Waals surface area contributed by atoms with Crippen LogP contribution in [-0.4, -0.2) is 48.2 Å². The Morgan fingerprint density at radius 3 is 2.81 bits per heavy atom. The van der Waals surface area contributed by atoms with Gasteiger partial charge < -0.3 is 15.0 Å². The molecule has 0 spiro atoms. The SMILES string of the molecule is CC(=O)N1CCCC(c2nsc(Nc3ncc(Sc4ccccn4)cc3Oc3cccnc3C)n2)CC1. The summed E-state index contributed by atoms with van der Waals surface area (Å²) in [7, 11) is 0. The molecule has 1 aliphatic heterocycles. The number of aryl methyl sites for hydroxylation is 1. The third-order valence-corrected chi connectivity index (χ3v) is 7.63. The Labute approximate surface area is 223 Å². The van der Waals surface area contributed by atoms with Gasteiger partial charge in [0.1, 0.15) is 16.6 Å². The Morgan fingerprint density at radius 1 is 1.11 bits per heavy atom. The van der Waals surface area contributed by atoms with Crippen molar-refractivity contribution in [2.24, 2.45) is 0 Å². The van der Waals surface area contributed by atoms with Crippen molar-refractivity contribution in [1.29, 1.82) is 0 Å². The van der Waals surface area contributed by atoms with Gasteiger partial charge in [-0.25, -0.2) is 15.0 Å². The molecule has 190 valence electrons. The lowest BCUT2D eigenvalue weighted by Gasteiger charge is -2.17. The number of hydrogen-bond donors (Lipinski definition) is 1. The number of pyridine rings is 3. The molecule has 1 unspecified atom stereocenters. The fourth-order valence-electron chi connectivity index (χ4n) is 4.10. The molecule has 1 aliphatic rings. The molecule has 1 amide bonds. The van der Waals surface area contributed by atoms with Gasteiger partial charge in [-0.15, -0.1) is 0 Å². The average Bonchev–Trinajstić information content (AvgIpc) is 3.21. The van der Waals surface area contributed by atoms with Crippen LogP contribution in [0, 0.1) is 6.92 Å². The van der Waals surface area contributed by atoms with Crippen molar-refractivity contribution in [3.05, 3.63) is 66.5 Å². The highest BCUT2D eigenvalue weighted by Crippen LogP contribution is 2.37. The van der Waals surface area contributed by atoms with Crippen molar-refractivity contribution in [2.75, 3.05) is 18.4 Å². The Balaban J connectivity index is 1.37. The maximum Gasteiger partial charge on any atom is 0.219 e. The van der Waals surface area contributed by atoms with Crippen molar-refractivity contribution >= 4 is 40.2 Å². The van der Waals surface area contributed by atoms with Crippen LogP contribution in [0.15, 0.2) is 64.9 Å². The van der Waals surface area contributed by atoms with Crippen LogP contribution in [0.3, 0.4) is 0 Å². The number of anilines is 2. The van der Waals surface area contributed by atoms with Gasteiger partial charge in [0.2, 0.25) is 11.0 Å². The first-order chi connectivity index (χ1) is 18.0. The number of carbonyl (C=O) groups excluding carboxylic acids is 1. The average molecular weight is 534 g/mol. The molecule has 1 atom stereocenters. The van der Waals surface area contributed by atoms with Gasteiger partial charge in [-0.3, -0.25) is 9.78 Å². The molecule has 37 heavy (non-hydrogen) atoms. The van der Waals surface area contributed by atoms with Gasteiger partial charge in [0.25, 0.3) is 0 Å². The normalized spacial score (nSPS) is 15.7. The number of aromatic nitrogens is 5. The van der Waals surface area contributed by atoms with Crippen molar-refractivity contribution in [2.45, 2.75) is 48.9 Å². The Bertz CT molecular complexity index is 1370. The van der Waals surface area contributed by atoms with Crippen LogP contribution in [0.4, 0.5) is 10.9 Å². The highest BCUT2D eigenvalue weighted by molar-refractivity contribution is 7.99. The molecule has 1 saturated heterocycles. The van der Waals surface area contributed by atoms with E-state index in [9.17, 15) is 4.79 Å². The van der Waals surface area contributed by atoms with E-state index in [1.165, 1.54) is 23.3 Å². The second-order valence-corrected chi connectivity index (χ2v) is 10.5. The van der Waals surface area contributed by atoms with Gasteiger partial charge in [0.15, 0.2) is 11.6 Å². The summed E-state index contributed by atoms with van der Waals surface area (Å²) in [5.74, 6) is 2.92. The smallest absolute Gasteiger partial charge is 0.219 e. The van der Waals surface area contributed by atoms with E-state index in [2.05, 4.69) is 24.6 Å². The fraction of sp³-hybridized carbons (Fsp3) is 0.308. The molecule has 9 nitrogen and oxygen atoms in total. The second-order valence-electron chi connectivity index (χ2n) is 8.69. The molecule has 5 rings (SSSR count). The van der Waals surface area contributed by atoms with Gasteiger partial charge in [-0.05, 0) is 50.5 Å². The van der Waals surface area contributed by atoms with Crippen LogP contribution >= 0.6 is 23.3 Å². The molecule has 0 saturated carbocycles. The van der Waals surface area contributed by atoms with E-state index in [0.717, 1.165) is 53.8 Å². The van der Waals surface area contributed by atoms with E-state index in [4.69, 9.17) is 9.72 Å². The van der Waals surface area contributed by atoms with E-state index in [0.29, 0.717) is 22.4 Å². The fourth-order valence-corrected chi connectivity index (χ4v) is 5.52. The number of hydrogen-bond acceptors (Lipinski definition) is 10. The molecular formula is C26H27N7O2S2. The van der Waals surface area contributed by atoms with Crippen LogP contribution < -0.4 is 10.1 Å². The quantitative estimate of drug-likeness (QED) is 0.314. The molecular weight excluding hydrogens is 506 g/mol. The third-order valence-electron chi connectivity index (χ3n) is 6.07. The predicted octanol–water partition coefficient (Wildman–Crippen LogP) is 5.83. The summed E-state index contributed by atoms with van der Waals surface area (Å²) in [6.07, 6.45) is 8.06. The van der Waals surface area contributed by atoms with Crippen LogP contribution in [0.25, 0.3) is 0 Å². The van der Waals surface area contributed by atoms with E-state index in [1.54, 1.807) is 25.5 Å². The number of likely N-dealkylation sites (tertiary alicyclic amines) is 1. The summed E-state index contributed by atoms with van der Waals surface area (Å²) < 4.78 is 10.9. The van der Waals surface area contributed by atoms with E-state index in [-0.39, 0.29) is 11.8 Å². The van der Waals surface area contributed by atoms with Gasteiger partial charge >= 0.3 is 0 Å². The summed E-state index contributed by atoms with van der Waals surface area (Å²) in [4.78, 5) is 32.7.